The third-order valence-corrected chi connectivity index (χ3v) is 4.40. The lowest BCUT2D eigenvalue weighted by atomic mass is 10.2. The van der Waals surface area contributed by atoms with Crippen LogP contribution in [0.25, 0.3) is 12.2 Å². The summed E-state index contributed by atoms with van der Waals surface area (Å²) in [6.07, 6.45) is 3.48. The summed E-state index contributed by atoms with van der Waals surface area (Å²) in [4.78, 5) is 16.1. The van der Waals surface area contributed by atoms with Gasteiger partial charge in [0.2, 0.25) is 11.1 Å². The van der Waals surface area contributed by atoms with Crippen LogP contribution in [-0.2, 0) is 11.3 Å². The highest BCUT2D eigenvalue weighted by Crippen LogP contribution is 2.14. The molecule has 1 aromatic heterocycles. The number of H-pyrrole nitrogens is 1. The average molecular weight is 386 g/mol. The third-order valence-electron chi connectivity index (χ3n) is 3.55. The first-order valence-corrected chi connectivity index (χ1v) is 9.07. The highest BCUT2D eigenvalue weighted by atomic mass is 32.2. The quantitative estimate of drug-likeness (QED) is 0.608. The van der Waals surface area contributed by atoms with Crippen LogP contribution in [0.15, 0.2) is 53.7 Å². The number of nitrogens with zero attached hydrogens (tertiary/aromatic N) is 2. The number of aromatic nitrogens is 3. The number of carbonyl (C=O) groups excluding carboxylic acids is 1. The number of halogens is 2. The van der Waals surface area contributed by atoms with Crippen LogP contribution in [0.5, 0.6) is 0 Å². The molecule has 0 fully saturated rings. The minimum atomic E-state index is -0.350. The highest BCUT2D eigenvalue weighted by molar-refractivity contribution is 7.99. The molecule has 0 aliphatic rings. The van der Waals surface area contributed by atoms with Gasteiger partial charge in [-0.3, -0.25) is 9.89 Å². The number of aromatic amines is 1. The Balaban J connectivity index is 1.47. The molecule has 0 unspecified atom stereocenters. The highest BCUT2D eigenvalue weighted by Gasteiger charge is 2.08. The van der Waals surface area contributed by atoms with E-state index in [1.54, 1.807) is 42.5 Å². The Hall–Kier alpha value is -3.00. The second-order valence-electron chi connectivity index (χ2n) is 5.54. The molecular weight excluding hydrogens is 370 g/mol. The van der Waals surface area contributed by atoms with Gasteiger partial charge >= 0.3 is 0 Å². The van der Waals surface area contributed by atoms with Gasteiger partial charge in [0.25, 0.3) is 0 Å². The first-order chi connectivity index (χ1) is 13.1. The Morgan fingerprint density at radius 2 is 1.89 bits per heavy atom. The molecule has 0 spiro atoms. The zero-order valence-electron chi connectivity index (χ0n) is 14.2. The number of hydrogen-bond donors (Lipinski definition) is 2. The van der Waals surface area contributed by atoms with Gasteiger partial charge in [0.05, 0.1) is 5.75 Å². The van der Waals surface area contributed by atoms with Crippen molar-refractivity contribution in [1.82, 2.24) is 20.5 Å². The SMILES string of the molecule is O=C(CSc1n[nH]c(C=Cc2ccc(F)cc2)n1)NCc1ccccc1F. The van der Waals surface area contributed by atoms with E-state index in [4.69, 9.17) is 0 Å². The summed E-state index contributed by atoms with van der Waals surface area (Å²) in [5.74, 6) is -0.242. The van der Waals surface area contributed by atoms with Crippen LogP contribution < -0.4 is 5.32 Å². The minimum Gasteiger partial charge on any atom is -0.351 e. The molecule has 0 saturated heterocycles. The molecule has 0 atom stereocenters. The molecule has 0 aliphatic carbocycles. The molecule has 5 nitrogen and oxygen atoms in total. The summed E-state index contributed by atoms with van der Waals surface area (Å²) in [5, 5.41) is 9.86. The molecule has 2 N–H and O–H groups in total. The molecule has 8 heteroatoms. The Morgan fingerprint density at radius 1 is 1.11 bits per heavy atom. The van der Waals surface area contributed by atoms with Gasteiger partial charge < -0.3 is 5.32 Å². The van der Waals surface area contributed by atoms with Crippen LogP contribution in [0, 0.1) is 11.6 Å². The van der Waals surface area contributed by atoms with Crippen molar-refractivity contribution in [2.24, 2.45) is 0 Å². The molecule has 0 bridgehead atoms. The normalized spacial score (nSPS) is 11.0. The number of nitrogens with one attached hydrogen (secondary N) is 2. The molecule has 138 valence electrons. The molecule has 3 rings (SSSR count). The Labute approximate surface area is 158 Å². The van der Waals surface area contributed by atoms with Crippen LogP contribution in [0.1, 0.15) is 17.0 Å². The van der Waals surface area contributed by atoms with Gasteiger partial charge in [0.15, 0.2) is 0 Å². The fraction of sp³-hybridized carbons (Fsp3) is 0.105. The van der Waals surface area contributed by atoms with E-state index in [9.17, 15) is 13.6 Å². The Kier molecular flexibility index (Phi) is 6.32. The van der Waals surface area contributed by atoms with E-state index in [1.165, 1.54) is 30.0 Å². The lowest BCUT2D eigenvalue weighted by Gasteiger charge is -2.05. The molecule has 1 heterocycles. The van der Waals surface area contributed by atoms with Crippen LogP contribution in [0.4, 0.5) is 8.78 Å². The molecule has 0 aliphatic heterocycles. The van der Waals surface area contributed by atoms with Crippen molar-refractivity contribution < 1.29 is 13.6 Å². The molecule has 1 amide bonds. The van der Waals surface area contributed by atoms with E-state index in [0.29, 0.717) is 16.5 Å². The standard InChI is InChI=1S/C19H16F2N4OS/c20-15-8-5-13(6-9-15)7-10-17-23-19(25-24-17)27-12-18(26)22-11-14-3-1-2-4-16(14)21/h1-10H,11-12H2,(H,22,26)(H,23,24,25). The Morgan fingerprint density at radius 3 is 2.67 bits per heavy atom. The zero-order chi connectivity index (χ0) is 19.1. The molecule has 3 aromatic rings. The second kappa shape index (κ2) is 9.09. The minimum absolute atomic E-state index is 0.118. The fourth-order valence-corrected chi connectivity index (χ4v) is 2.80. The van der Waals surface area contributed by atoms with Gasteiger partial charge in [-0.1, -0.05) is 48.2 Å². The molecule has 2 aromatic carbocycles. The smallest absolute Gasteiger partial charge is 0.230 e. The van der Waals surface area contributed by atoms with E-state index in [-0.39, 0.29) is 29.8 Å². The van der Waals surface area contributed by atoms with Crippen molar-refractivity contribution in [2.75, 3.05) is 5.75 Å². The van der Waals surface area contributed by atoms with Gasteiger partial charge in [0.1, 0.15) is 17.5 Å². The van der Waals surface area contributed by atoms with Crippen LogP contribution in [0.3, 0.4) is 0 Å². The molecule has 0 radical (unpaired) electrons. The maximum absolute atomic E-state index is 13.5. The summed E-state index contributed by atoms with van der Waals surface area (Å²) in [6, 6.07) is 12.3. The van der Waals surface area contributed by atoms with Crippen molar-refractivity contribution in [3.63, 3.8) is 0 Å². The summed E-state index contributed by atoms with van der Waals surface area (Å²) < 4.78 is 26.4. The van der Waals surface area contributed by atoms with E-state index >= 15 is 0 Å². The number of amides is 1. The lowest BCUT2D eigenvalue weighted by molar-refractivity contribution is -0.118. The van der Waals surface area contributed by atoms with Crippen molar-refractivity contribution in [2.45, 2.75) is 11.7 Å². The average Bonchev–Trinajstić information content (AvgIpc) is 3.13. The van der Waals surface area contributed by atoms with Gasteiger partial charge in [-0.2, -0.15) is 0 Å². The number of benzene rings is 2. The van der Waals surface area contributed by atoms with Crippen LogP contribution in [0.2, 0.25) is 0 Å². The van der Waals surface area contributed by atoms with Gasteiger partial charge in [0, 0.05) is 12.1 Å². The lowest BCUT2D eigenvalue weighted by Crippen LogP contribution is -2.25. The summed E-state index contributed by atoms with van der Waals surface area (Å²) >= 11 is 1.17. The van der Waals surface area contributed by atoms with E-state index in [1.807, 2.05) is 0 Å². The van der Waals surface area contributed by atoms with E-state index in [2.05, 4.69) is 20.5 Å². The second-order valence-corrected chi connectivity index (χ2v) is 6.49. The predicted molar refractivity (Wildman–Crippen MR) is 101 cm³/mol. The number of thioether (sulfide) groups is 1. The number of rotatable bonds is 7. The first kappa shape index (κ1) is 18.8. The third kappa shape index (κ3) is 5.75. The summed E-state index contributed by atoms with van der Waals surface area (Å²) in [6.45, 7) is 0.131. The van der Waals surface area contributed by atoms with Crippen molar-refractivity contribution in [3.8, 4) is 0 Å². The predicted octanol–water partition coefficient (Wildman–Crippen LogP) is 3.66. The zero-order valence-corrected chi connectivity index (χ0v) is 15.0. The fourth-order valence-electron chi connectivity index (χ4n) is 2.16. The van der Waals surface area contributed by atoms with E-state index in [0.717, 1.165) is 5.56 Å². The maximum atomic E-state index is 13.5. The molecule has 27 heavy (non-hydrogen) atoms. The Bertz CT molecular complexity index is 941. The summed E-state index contributed by atoms with van der Waals surface area (Å²) in [5.41, 5.74) is 1.26. The first-order valence-electron chi connectivity index (χ1n) is 8.09. The van der Waals surface area contributed by atoms with Crippen molar-refractivity contribution >= 4 is 29.8 Å². The number of carbonyl (C=O) groups is 1. The molecular formula is C19H16F2N4OS. The van der Waals surface area contributed by atoms with Crippen LogP contribution in [-0.4, -0.2) is 26.8 Å². The maximum Gasteiger partial charge on any atom is 0.230 e. The van der Waals surface area contributed by atoms with Gasteiger partial charge in [-0.05, 0) is 29.8 Å². The molecule has 0 saturated carbocycles. The monoisotopic (exact) mass is 386 g/mol. The van der Waals surface area contributed by atoms with Crippen molar-refractivity contribution in [1.29, 1.82) is 0 Å². The van der Waals surface area contributed by atoms with Gasteiger partial charge in [-0.15, -0.1) is 5.10 Å². The van der Waals surface area contributed by atoms with Crippen LogP contribution >= 0.6 is 11.8 Å². The summed E-state index contributed by atoms with van der Waals surface area (Å²) in [7, 11) is 0. The number of hydrogen-bond acceptors (Lipinski definition) is 4. The topological polar surface area (TPSA) is 70.7 Å². The largest absolute Gasteiger partial charge is 0.351 e. The van der Waals surface area contributed by atoms with E-state index < -0.39 is 0 Å². The van der Waals surface area contributed by atoms with Crippen molar-refractivity contribution in [3.05, 3.63) is 77.1 Å². The van der Waals surface area contributed by atoms with Gasteiger partial charge in [-0.25, -0.2) is 13.8 Å².